The number of esters is 1. The maximum Gasteiger partial charge on any atom is 0.408 e. The smallest absolute Gasteiger partial charge is 0.408 e. The summed E-state index contributed by atoms with van der Waals surface area (Å²) in [5, 5.41) is 2.64. The van der Waals surface area contributed by atoms with E-state index in [0.717, 1.165) is 12.0 Å². The van der Waals surface area contributed by atoms with Gasteiger partial charge in [0.05, 0.1) is 7.11 Å². The van der Waals surface area contributed by atoms with Gasteiger partial charge in [-0.1, -0.05) is 44.2 Å². The molecule has 2 rings (SSSR count). The lowest BCUT2D eigenvalue weighted by Crippen LogP contribution is -2.54. The van der Waals surface area contributed by atoms with E-state index in [4.69, 9.17) is 9.47 Å². The van der Waals surface area contributed by atoms with E-state index in [-0.39, 0.29) is 18.4 Å². The van der Waals surface area contributed by atoms with E-state index in [1.165, 1.54) is 12.0 Å². The van der Waals surface area contributed by atoms with E-state index in [0.29, 0.717) is 13.0 Å². The second kappa shape index (κ2) is 9.22. The molecular formula is C19H26N2O5. The molecule has 0 saturated carbocycles. The van der Waals surface area contributed by atoms with Gasteiger partial charge in [-0.3, -0.25) is 4.79 Å². The summed E-state index contributed by atoms with van der Waals surface area (Å²) in [7, 11) is 1.31. The number of hydrogen-bond donors (Lipinski definition) is 1. The first-order chi connectivity index (χ1) is 12.4. The molecule has 1 unspecified atom stereocenters. The first-order valence-corrected chi connectivity index (χ1v) is 8.79. The van der Waals surface area contributed by atoms with Crippen molar-refractivity contribution in [2.45, 2.75) is 45.4 Å². The molecule has 1 fully saturated rings. The summed E-state index contributed by atoms with van der Waals surface area (Å²) >= 11 is 0. The second-order valence-corrected chi connectivity index (χ2v) is 6.64. The van der Waals surface area contributed by atoms with Gasteiger partial charge in [-0.15, -0.1) is 0 Å². The number of alkyl carbamates (subject to hydrolysis) is 1. The minimum absolute atomic E-state index is 0.125. The first kappa shape index (κ1) is 19.8. The molecule has 7 heteroatoms. The highest BCUT2D eigenvalue weighted by Crippen LogP contribution is 2.21. The van der Waals surface area contributed by atoms with Gasteiger partial charge < -0.3 is 19.7 Å². The molecule has 2 amide bonds. The van der Waals surface area contributed by atoms with E-state index in [1.54, 1.807) is 0 Å². The normalized spacial score (nSPS) is 17.7. The van der Waals surface area contributed by atoms with Crippen molar-refractivity contribution < 1.29 is 23.9 Å². The lowest BCUT2D eigenvalue weighted by Gasteiger charge is -2.29. The van der Waals surface area contributed by atoms with Crippen LogP contribution >= 0.6 is 0 Å². The lowest BCUT2D eigenvalue weighted by molar-refractivity contribution is -0.151. The van der Waals surface area contributed by atoms with Gasteiger partial charge in [-0.25, -0.2) is 9.59 Å². The Bertz CT molecular complexity index is 632. The Morgan fingerprint density at radius 3 is 2.54 bits per heavy atom. The van der Waals surface area contributed by atoms with Crippen LogP contribution in [0.3, 0.4) is 0 Å². The minimum atomic E-state index is -0.761. The third-order valence-corrected chi connectivity index (χ3v) is 4.43. The summed E-state index contributed by atoms with van der Waals surface area (Å²) in [6.07, 6.45) is 0.644. The number of nitrogens with one attached hydrogen (secondary N) is 1. The molecule has 2 atom stereocenters. The number of carbonyl (C=O) groups is 3. The number of carbonyl (C=O) groups excluding carboxylic acids is 3. The molecule has 1 saturated heterocycles. The van der Waals surface area contributed by atoms with Crippen molar-refractivity contribution in [3.05, 3.63) is 35.9 Å². The van der Waals surface area contributed by atoms with Gasteiger partial charge in [0.1, 0.15) is 18.7 Å². The highest BCUT2D eigenvalue weighted by atomic mass is 16.5. The summed E-state index contributed by atoms with van der Waals surface area (Å²) in [6, 6.07) is 7.95. The van der Waals surface area contributed by atoms with Crippen LogP contribution in [-0.2, 0) is 25.7 Å². The largest absolute Gasteiger partial charge is 0.467 e. The van der Waals surface area contributed by atoms with E-state index in [2.05, 4.69) is 5.32 Å². The maximum absolute atomic E-state index is 12.9. The van der Waals surface area contributed by atoms with Gasteiger partial charge >= 0.3 is 12.1 Å². The van der Waals surface area contributed by atoms with Crippen molar-refractivity contribution in [2.24, 2.45) is 5.92 Å². The molecule has 7 nitrogen and oxygen atoms in total. The van der Waals surface area contributed by atoms with Crippen LogP contribution in [0.5, 0.6) is 0 Å². The van der Waals surface area contributed by atoms with Crippen LogP contribution in [0.15, 0.2) is 30.3 Å². The average Bonchev–Trinajstić information content (AvgIpc) is 3.13. The Kier molecular flexibility index (Phi) is 7.00. The number of benzene rings is 1. The Morgan fingerprint density at radius 1 is 1.23 bits per heavy atom. The Labute approximate surface area is 153 Å². The molecule has 1 aromatic rings. The Morgan fingerprint density at radius 2 is 1.92 bits per heavy atom. The van der Waals surface area contributed by atoms with E-state index in [1.807, 2.05) is 44.2 Å². The topological polar surface area (TPSA) is 84.9 Å². The number of hydrogen-bond acceptors (Lipinski definition) is 5. The molecule has 0 aromatic heterocycles. The summed E-state index contributed by atoms with van der Waals surface area (Å²) in [5.41, 5.74) is 0.861. The Balaban J connectivity index is 1.97. The number of methoxy groups -OCH3 is 1. The highest BCUT2D eigenvalue weighted by molar-refractivity contribution is 5.90. The highest BCUT2D eigenvalue weighted by Gasteiger charge is 2.39. The number of rotatable bonds is 6. The zero-order valence-corrected chi connectivity index (χ0v) is 15.4. The monoisotopic (exact) mass is 362 g/mol. The fraction of sp³-hybridized carbons (Fsp3) is 0.526. The molecule has 1 aliphatic heterocycles. The predicted octanol–water partition coefficient (Wildman–Crippen LogP) is 2.10. The molecule has 26 heavy (non-hydrogen) atoms. The van der Waals surface area contributed by atoms with Gasteiger partial charge in [-0.2, -0.15) is 0 Å². The van der Waals surface area contributed by atoms with E-state index in [9.17, 15) is 14.4 Å². The van der Waals surface area contributed by atoms with Crippen molar-refractivity contribution in [2.75, 3.05) is 13.7 Å². The van der Waals surface area contributed by atoms with Gasteiger partial charge in [0.25, 0.3) is 0 Å². The van der Waals surface area contributed by atoms with Crippen molar-refractivity contribution in [1.82, 2.24) is 10.2 Å². The molecule has 1 aliphatic rings. The summed E-state index contributed by atoms with van der Waals surface area (Å²) < 4.78 is 9.98. The SMILES string of the molecule is COC(=O)[C@@H]1CCCN1C(=O)C(NC(=O)OCc1ccccc1)C(C)C. The fourth-order valence-corrected chi connectivity index (χ4v) is 3.00. The van der Waals surface area contributed by atoms with Gasteiger partial charge in [0.2, 0.25) is 5.91 Å². The zero-order valence-electron chi connectivity index (χ0n) is 15.4. The van der Waals surface area contributed by atoms with E-state index < -0.39 is 24.1 Å². The van der Waals surface area contributed by atoms with Crippen LogP contribution in [0.4, 0.5) is 4.79 Å². The van der Waals surface area contributed by atoms with Crippen LogP contribution in [0.2, 0.25) is 0 Å². The summed E-state index contributed by atoms with van der Waals surface area (Å²) in [5.74, 6) is -0.861. The molecule has 142 valence electrons. The predicted molar refractivity (Wildman–Crippen MR) is 95.1 cm³/mol. The Hall–Kier alpha value is -2.57. The van der Waals surface area contributed by atoms with Crippen LogP contribution in [0.25, 0.3) is 0 Å². The van der Waals surface area contributed by atoms with Crippen molar-refractivity contribution >= 4 is 18.0 Å². The van der Waals surface area contributed by atoms with Crippen molar-refractivity contribution in [3.8, 4) is 0 Å². The van der Waals surface area contributed by atoms with Crippen molar-refractivity contribution in [3.63, 3.8) is 0 Å². The number of ether oxygens (including phenoxy) is 2. The quantitative estimate of drug-likeness (QED) is 0.784. The minimum Gasteiger partial charge on any atom is -0.467 e. The molecule has 1 aromatic carbocycles. The number of likely N-dealkylation sites (tertiary alicyclic amines) is 1. The zero-order chi connectivity index (χ0) is 19.1. The van der Waals surface area contributed by atoms with Gasteiger partial charge in [0, 0.05) is 6.54 Å². The standard InChI is InChI=1S/C19H26N2O5/c1-13(2)16(17(22)21-11-7-10-15(21)18(23)25-3)20-19(24)26-12-14-8-5-4-6-9-14/h4-6,8-9,13,15-16H,7,10-12H2,1-3H3,(H,20,24)/t15-,16?/m0/s1. The third-order valence-electron chi connectivity index (χ3n) is 4.43. The molecule has 1 heterocycles. The molecular weight excluding hydrogens is 336 g/mol. The van der Waals surface area contributed by atoms with Crippen molar-refractivity contribution in [1.29, 1.82) is 0 Å². The van der Waals surface area contributed by atoms with Gasteiger partial charge in [-0.05, 0) is 24.3 Å². The van der Waals surface area contributed by atoms with E-state index >= 15 is 0 Å². The molecule has 1 N–H and O–H groups in total. The van der Waals surface area contributed by atoms with Crippen LogP contribution in [-0.4, -0.2) is 48.6 Å². The molecule has 0 aliphatic carbocycles. The number of nitrogens with zero attached hydrogens (tertiary/aromatic N) is 1. The third kappa shape index (κ3) is 4.97. The van der Waals surface area contributed by atoms with Crippen LogP contribution < -0.4 is 5.32 Å². The maximum atomic E-state index is 12.9. The molecule has 0 spiro atoms. The second-order valence-electron chi connectivity index (χ2n) is 6.64. The fourth-order valence-electron chi connectivity index (χ4n) is 3.00. The molecule has 0 radical (unpaired) electrons. The number of amides is 2. The first-order valence-electron chi connectivity index (χ1n) is 8.79. The van der Waals surface area contributed by atoms with Crippen LogP contribution in [0.1, 0.15) is 32.3 Å². The summed E-state index contributed by atoms with van der Waals surface area (Å²) in [4.78, 5) is 38.4. The lowest BCUT2D eigenvalue weighted by atomic mass is 10.0. The van der Waals surface area contributed by atoms with Crippen LogP contribution in [0, 0.1) is 5.92 Å². The van der Waals surface area contributed by atoms with Gasteiger partial charge in [0.15, 0.2) is 0 Å². The average molecular weight is 362 g/mol. The summed E-state index contributed by atoms with van der Waals surface area (Å²) in [6.45, 7) is 4.27. The molecule has 0 bridgehead atoms.